The van der Waals surface area contributed by atoms with Crippen LogP contribution in [0.3, 0.4) is 0 Å². The van der Waals surface area contributed by atoms with Gasteiger partial charge in [-0.05, 0) is 13.0 Å². The van der Waals surface area contributed by atoms with Gasteiger partial charge < -0.3 is 4.90 Å². The van der Waals surface area contributed by atoms with Crippen molar-refractivity contribution in [1.82, 2.24) is 4.72 Å². The van der Waals surface area contributed by atoms with E-state index in [1.54, 1.807) is 6.92 Å². The molecule has 0 atom stereocenters. The zero-order chi connectivity index (χ0) is 15.3. The van der Waals surface area contributed by atoms with Gasteiger partial charge in [0, 0.05) is 24.6 Å². The Hall–Kier alpha value is -1.51. The summed E-state index contributed by atoms with van der Waals surface area (Å²) in [5.41, 5.74) is 0.246. The highest BCUT2D eigenvalue weighted by Crippen LogP contribution is 2.21. The molecule has 0 heterocycles. The van der Waals surface area contributed by atoms with E-state index < -0.39 is 14.9 Å². The predicted octanol–water partition coefficient (Wildman–Crippen LogP) is -0.284. The van der Waals surface area contributed by atoms with Crippen LogP contribution in [0.5, 0.6) is 0 Å². The molecule has 1 rings (SSSR count). The topological polar surface area (TPSA) is 93.8 Å². The number of nitrogens with one attached hydrogen (secondary N) is 2. The number of aryl methyl sites for hydroxylation is 1. The molecule has 1 aromatic rings. The summed E-state index contributed by atoms with van der Waals surface area (Å²) in [6.07, 6.45) is 0.704. The van der Waals surface area contributed by atoms with Crippen molar-refractivity contribution in [2.75, 3.05) is 27.2 Å². The van der Waals surface area contributed by atoms with E-state index in [-0.39, 0.29) is 10.6 Å². The molecule has 0 radical (unpaired) electrons. The number of nitro groups is 1. The lowest BCUT2D eigenvalue weighted by atomic mass is 10.2. The van der Waals surface area contributed by atoms with E-state index in [0.29, 0.717) is 18.5 Å². The van der Waals surface area contributed by atoms with Crippen LogP contribution >= 0.6 is 0 Å². The molecule has 2 N–H and O–H groups in total. The highest BCUT2D eigenvalue weighted by molar-refractivity contribution is 7.89. The van der Waals surface area contributed by atoms with Crippen LogP contribution in [0.4, 0.5) is 5.69 Å². The summed E-state index contributed by atoms with van der Waals surface area (Å²) >= 11 is 0. The first-order valence-electron chi connectivity index (χ1n) is 6.28. The molecule has 7 nitrogen and oxygen atoms in total. The van der Waals surface area contributed by atoms with Crippen molar-refractivity contribution in [3.63, 3.8) is 0 Å². The van der Waals surface area contributed by atoms with Crippen LogP contribution in [0.1, 0.15) is 12.0 Å². The zero-order valence-electron chi connectivity index (χ0n) is 11.8. The maximum Gasteiger partial charge on any atom is 0.273 e. The molecule has 0 unspecified atom stereocenters. The summed E-state index contributed by atoms with van der Waals surface area (Å²) in [5.74, 6) is 0. The first kappa shape index (κ1) is 16.5. The number of nitro benzene ring substituents is 1. The number of nitrogens with zero attached hydrogens (tertiary/aromatic N) is 1. The van der Waals surface area contributed by atoms with Gasteiger partial charge in [0.1, 0.15) is 0 Å². The molecule has 20 heavy (non-hydrogen) atoms. The number of rotatable bonds is 7. The van der Waals surface area contributed by atoms with Crippen LogP contribution in [-0.4, -0.2) is 40.5 Å². The van der Waals surface area contributed by atoms with E-state index in [9.17, 15) is 18.5 Å². The minimum atomic E-state index is -3.69. The van der Waals surface area contributed by atoms with Crippen molar-refractivity contribution in [2.24, 2.45) is 0 Å². The summed E-state index contributed by atoms with van der Waals surface area (Å²) in [6, 6.07) is 3.91. The maximum absolute atomic E-state index is 12.0. The number of quaternary nitrogens is 1. The summed E-state index contributed by atoms with van der Waals surface area (Å²) in [7, 11) is 0.273. The van der Waals surface area contributed by atoms with Crippen LogP contribution < -0.4 is 9.62 Å². The van der Waals surface area contributed by atoms with E-state index in [1.165, 1.54) is 17.0 Å². The second-order valence-electron chi connectivity index (χ2n) is 4.91. The van der Waals surface area contributed by atoms with Crippen molar-refractivity contribution in [1.29, 1.82) is 0 Å². The standard InChI is InChI=1S/C12H19N3O4S/c1-10-5-6-11(9-12(10)15(16)17)20(18,19)13-7-4-8-14(2)3/h5-6,9,13H,4,7-8H2,1-3H3/p+1. The number of sulfonamides is 1. The van der Waals surface area contributed by atoms with Crippen LogP contribution in [0.2, 0.25) is 0 Å². The Morgan fingerprint density at radius 2 is 2.00 bits per heavy atom. The molecule has 112 valence electrons. The minimum Gasteiger partial charge on any atom is -0.340 e. The van der Waals surface area contributed by atoms with Crippen molar-refractivity contribution < 1.29 is 18.2 Å². The molecule has 1 aromatic carbocycles. The normalized spacial score (nSPS) is 11.8. The third kappa shape index (κ3) is 4.55. The Kier molecular flexibility index (Phi) is 5.61. The van der Waals surface area contributed by atoms with Gasteiger partial charge in [-0.1, -0.05) is 6.07 Å². The lowest BCUT2D eigenvalue weighted by molar-refractivity contribution is -0.858. The van der Waals surface area contributed by atoms with Crippen molar-refractivity contribution in [3.05, 3.63) is 33.9 Å². The fourth-order valence-corrected chi connectivity index (χ4v) is 2.78. The van der Waals surface area contributed by atoms with Crippen LogP contribution in [0, 0.1) is 17.0 Å². The van der Waals surface area contributed by atoms with E-state index in [1.807, 2.05) is 14.1 Å². The Labute approximate surface area is 118 Å². The Balaban J connectivity index is 2.82. The summed E-state index contributed by atoms with van der Waals surface area (Å²) in [5, 5.41) is 10.8. The number of hydrogen-bond donors (Lipinski definition) is 2. The molecule has 8 heteroatoms. The average Bonchev–Trinajstić information content (AvgIpc) is 2.34. The fraction of sp³-hybridized carbons (Fsp3) is 0.500. The molecule has 0 aliphatic rings. The Bertz CT molecular complexity index is 584. The summed E-state index contributed by atoms with van der Waals surface area (Å²) < 4.78 is 26.5. The van der Waals surface area contributed by atoms with Gasteiger partial charge >= 0.3 is 0 Å². The highest BCUT2D eigenvalue weighted by Gasteiger charge is 2.19. The predicted molar refractivity (Wildman–Crippen MR) is 75.3 cm³/mol. The van der Waals surface area contributed by atoms with E-state index in [0.717, 1.165) is 12.6 Å². The quantitative estimate of drug-likeness (QED) is 0.411. The third-order valence-corrected chi connectivity index (χ3v) is 4.29. The third-order valence-electron chi connectivity index (χ3n) is 2.83. The molecule has 0 aromatic heterocycles. The zero-order valence-corrected chi connectivity index (χ0v) is 12.7. The van der Waals surface area contributed by atoms with Gasteiger partial charge in [0.15, 0.2) is 0 Å². The first-order chi connectivity index (χ1) is 9.24. The van der Waals surface area contributed by atoms with Gasteiger partial charge in [-0.15, -0.1) is 0 Å². The summed E-state index contributed by atoms with van der Waals surface area (Å²) in [6.45, 7) is 2.73. The van der Waals surface area contributed by atoms with Gasteiger partial charge in [0.05, 0.1) is 30.5 Å². The van der Waals surface area contributed by atoms with Crippen LogP contribution in [0.25, 0.3) is 0 Å². The molecule has 0 saturated heterocycles. The van der Waals surface area contributed by atoms with Gasteiger partial charge in [-0.25, -0.2) is 13.1 Å². The summed E-state index contributed by atoms with van der Waals surface area (Å²) in [4.78, 5) is 11.4. The lowest BCUT2D eigenvalue weighted by Gasteiger charge is -2.09. The Morgan fingerprint density at radius 1 is 1.35 bits per heavy atom. The molecule has 0 fully saturated rings. The molecule has 0 aliphatic carbocycles. The van der Waals surface area contributed by atoms with Gasteiger partial charge in [0.2, 0.25) is 10.0 Å². The van der Waals surface area contributed by atoms with Crippen molar-refractivity contribution >= 4 is 15.7 Å². The van der Waals surface area contributed by atoms with E-state index in [2.05, 4.69) is 4.72 Å². The van der Waals surface area contributed by atoms with Crippen molar-refractivity contribution in [2.45, 2.75) is 18.2 Å². The molecule has 0 amide bonds. The van der Waals surface area contributed by atoms with Gasteiger partial charge in [0.25, 0.3) is 5.69 Å². The highest BCUT2D eigenvalue weighted by atomic mass is 32.2. The molecular formula is C12H20N3O4S+. The monoisotopic (exact) mass is 302 g/mol. The molecule has 0 saturated carbocycles. The molecule has 0 aliphatic heterocycles. The van der Waals surface area contributed by atoms with Crippen LogP contribution in [-0.2, 0) is 10.0 Å². The SMILES string of the molecule is Cc1ccc(S(=O)(=O)NCCC[NH+](C)C)cc1[N+](=O)[O-]. The lowest BCUT2D eigenvalue weighted by Crippen LogP contribution is -3.05. The largest absolute Gasteiger partial charge is 0.340 e. The van der Waals surface area contributed by atoms with Crippen molar-refractivity contribution in [3.8, 4) is 0 Å². The number of benzene rings is 1. The fourth-order valence-electron chi connectivity index (χ4n) is 1.68. The van der Waals surface area contributed by atoms with E-state index >= 15 is 0 Å². The second kappa shape index (κ2) is 6.78. The van der Waals surface area contributed by atoms with Crippen LogP contribution in [0.15, 0.2) is 23.1 Å². The van der Waals surface area contributed by atoms with Gasteiger partial charge in [-0.3, -0.25) is 10.1 Å². The van der Waals surface area contributed by atoms with E-state index in [4.69, 9.17) is 0 Å². The molecule has 0 bridgehead atoms. The smallest absolute Gasteiger partial charge is 0.273 e. The minimum absolute atomic E-state index is 0.0769. The number of hydrogen-bond acceptors (Lipinski definition) is 4. The van der Waals surface area contributed by atoms with Gasteiger partial charge in [-0.2, -0.15) is 0 Å². The maximum atomic E-state index is 12.0. The first-order valence-corrected chi connectivity index (χ1v) is 7.76. The molecule has 0 spiro atoms. The molecular weight excluding hydrogens is 282 g/mol. The second-order valence-corrected chi connectivity index (χ2v) is 6.68. The average molecular weight is 302 g/mol. The Morgan fingerprint density at radius 3 is 2.55 bits per heavy atom.